The molecule has 0 amide bonds. The topological polar surface area (TPSA) is 137 Å². The number of rotatable bonds is 6. The molecule has 1 saturated heterocycles. The fourth-order valence-electron chi connectivity index (χ4n) is 4.66. The van der Waals surface area contributed by atoms with Gasteiger partial charge in [-0.25, -0.2) is 9.59 Å². The molecule has 0 spiro atoms. The van der Waals surface area contributed by atoms with Gasteiger partial charge < -0.3 is 19.3 Å². The molecule has 10 nitrogen and oxygen atoms in total. The van der Waals surface area contributed by atoms with E-state index >= 15 is 0 Å². The van der Waals surface area contributed by atoms with E-state index in [4.69, 9.17) is 14.2 Å². The second-order valence-corrected chi connectivity index (χ2v) is 7.47. The van der Waals surface area contributed by atoms with E-state index in [2.05, 4.69) is 5.32 Å². The SMILES string of the molecule is CCOC(=O)C1(C(=O)OCC)N[C@@H](c2ccccc2O)[C@]2([N+](=O)[O-])Oc3ccccc3[C@H]12. The molecule has 0 aliphatic carbocycles. The fourth-order valence-corrected chi connectivity index (χ4v) is 4.66. The first-order chi connectivity index (χ1) is 15.3. The zero-order chi connectivity index (χ0) is 23.1. The Bertz CT molecular complexity index is 1070. The van der Waals surface area contributed by atoms with E-state index in [0.29, 0.717) is 0 Å². The van der Waals surface area contributed by atoms with Crippen molar-refractivity contribution in [1.29, 1.82) is 0 Å². The Balaban J connectivity index is 2.05. The lowest BCUT2D eigenvalue weighted by atomic mass is 9.76. The van der Waals surface area contributed by atoms with Gasteiger partial charge in [0.05, 0.1) is 18.1 Å². The number of carbonyl (C=O) groups excluding carboxylic acids is 2. The maximum atomic E-state index is 13.3. The minimum atomic E-state index is -2.33. The Labute approximate surface area is 183 Å². The molecule has 2 aromatic rings. The summed E-state index contributed by atoms with van der Waals surface area (Å²) in [7, 11) is 0. The van der Waals surface area contributed by atoms with Crippen LogP contribution < -0.4 is 10.1 Å². The lowest BCUT2D eigenvalue weighted by Crippen LogP contribution is -2.60. The van der Waals surface area contributed by atoms with Crippen molar-refractivity contribution in [2.45, 2.75) is 37.1 Å². The molecule has 0 bridgehead atoms. The molecule has 4 rings (SSSR count). The van der Waals surface area contributed by atoms with Crippen LogP contribution in [-0.2, 0) is 19.1 Å². The molecule has 2 aliphatic rings. The Morgan fingerprint density at radius 1 is 1.06 bits per heavy atom. The summed E-state index contributed by atoms with van der Waals surface area (Å²) in [5.41, 5.74) is -4.23. The molecule has 0 saturated carbocycles. The molecule has 0 unspecified atom stereocenters. The van der Waals surface area contributed by atoms with E-state index in [1.165, 1.54) is 18.2 Å². The molecular weight excluding hydrogens is 420 g/mol. The van der Waals surface area contributed by atoms with Crippen LogP contribution in [0.3, 0.4) is 0 Å². The van der Waals surface area contributed by atoms with E-state index in [-0.39, 0.29) is 35.8 Å². The molecule has 2 aliphatic heterocycles. The van der Waals surface area contributed by atoms with Crippen molar-refractivity contribution < 1.29 is 33.8 Å². The highest BCUT2D eigenvalue weighted by molar-refractivity contribution is 6.07. The van der Waals surface area contributed by atoms with E-state index in [9.17, 15) is 24.8 Å². The molecule has 2 heterocycles. The van der Waals surface area contributed by atoms with Gasteiger partial charge in [-0.1, -0.05) is 36.4 Å². The Morgan fingerprint density at radius 2 is 1.62 bits per heavy atom. The summed E-state index contributed by atoms with van der Waals surface area (Å²) in [6.07, 6.45) is 0. The highest BCUT2D eigenvalue weighted by Crippen LogP contribution is 2.61. The molecule has 0 aromatic heterocycles. The van der Waals surface area contributed by atoms with E-state index in [1.54, 1.807) is 44.2 Å². The third-order valence-electron chi connectivity index (χ3n) is 5.86. The molecule has 3 atom stereocenters. The summed E-state index contributed by atoms with van der Waals surface area (Å²) in [5.74, 6) is -3.56. The zero-order valence-corrected chi connectivity index (χ0v) is 17.4. The van der Waals surface area contributed by atoms with Gasteiger partial charge in [0.25, 0.3) is 0 Å². The lowest BCUT2D eigenvalue weighted by Gasteiger charge is -2.29. The van der Waals surface area contributed by atoms with Gasteiger partial charge in [-0.3, -0.25) is 15.4 Å². The number of phenols is 1. The number of aromatic hydroxyl groups is 1. The number of nitro groups is 1. The Hall–Kier alpha value is -3.66. The van der Waals surface area contributed by atoms with Crippen molar-refractivity contribution in [1.82, 2.24) is 5.32 Å². The van der Waals surface area contributed by atoms with E-state index in [0.717, 1.165) is 0 Å². The molecular formula is C22H22N2O8. The number of fused-ring (bicyclic) bond motifs is 3. The summed E-state index contributed by atoms with van der Waals surface area (Å²) in [6.45, 7) is 2.99. The van der Waals surface area contributed by atoms with Crippen LogP contribution in [0.4, 0.5) is 0 Å². The third-order valence-corrected chi connectivity index (χ3v) is 5.86. The summed E-state index contributed by atoms with van der Waals surface area (Å²) in [6, 6.07) is 10.9. The van der Waals surface area contributed by atoms with Crippen LogP contribution in [-0.4, -0.2) is 46.4 Å². The van der Waals surface area contributed by atoms with Gasteiger partial charge in [0.2, 0.25) is 5.54 Å². The van der Waals surface area contributed by atoms with Crippen molar-refractivity contribution in [3.63, 3.8) is 0 Å². The minimum absolute atomic E-state index is 0.0659. The van der Waals surface area contributed by atoms with Crippen LogP contribution in [0.2, 0.25) is 0 Å². The molecule has 32 heavy (non-hydrogen) atoms. The number of hydrogen-bond donors (Lipinski definition) is 2. The number of nitrogens with one attached hydrogen (secondary N) is 1. The van der Waals surface area contributed by atoms with Gasteiger partial charge in [0, 0.05) is 11.1 Å². The van der Waals surface area contributed by atoms with Crippen molar-refractivity contribution in [3.8, 4) is 11.5 Å². The quantitative estimate of drug-likeness (QED) is 0.298. The maximum absolute atomic E-state index is 13.3. The molecule has 0 radical (unpaired) electrons. The first-order valence-corrected chi connectivity index (χ1v) is 10.2. The van der Waals surface area contributed by atoms with Crippen LogP contribution in [0.15, 0.2) is 48.5 Å². The fraction of sp³-hybridized carbons (Fsp3) is 0.364. The van der Waals surface area contributed by atoms with Crippen LogP contribution in [0.25, 0.3) is 0 Å². The van der Waals surface area contributed by atoms with Gasteiger partial charge in [-0.15, -0.1) is 0 Å². The van der Waals surface area contributed by atoms with Gasteiger partial charge in [0.1, 0.15) is 23.5 Å². The number of benzene rings is 2. The van der Waals surface area contributed by atoms with E-state index < -0.39 is 40.1 Å². The van der Waals surface area contributed by atoms with Gasteiger partial charge in [-0.05, 0) is 26.0 Å². The predicted octanol–water partition coefficient (Wildman–Crippen LogP) is 2.05. The summed E-state index contributed by atoms with van der Waals surface area (Å²) in [5, 5.41) is 26.0. The molecule has 168 valence electrons. The number of nitrogens with zero attached hydrogens (tertiary/aromatic N) is 1. The van der Waals surface area contributed by atoms with Crippen LogP contribution in [0, 0.1) is 10.1 Å². The summed E-state index contributed by atoms with van der Waals surface area (Å²) >= 11 is 0. The summed E-state index contributed by atoms with van der Waals surface area (Å²) in [4.78, 5) is 38.7. The highest BCUT2D eigenvalue weighted by atomic mass is 16.7. The van der Waals surface area contributed by atoms with Crippen molar-refractivity contribution in [3.05, 3.63) is 69.8 Å². The molecule has 10 heteroatoms. The zero-order valence-electron chi connectivity index (χ0n) is 17.4. The third kappa shape index (κ3) is 2.76. The number of hydrogen-bond acceptors (Lipinski definition) is 9. The summed E-state index contributed by atoms with van der Waals surface area (Å²) < 4.78 is 16.4. The molecule has 2 N–H and O–H groups in total. The maximum Gasteiger partial charge on any atom is 0.392 e. The number of ether oxygens (including phenoxy) is 3. The van der Waals surface area contributed by atoms with Crippen molar-refractivity contribution in [2.75, 3.05) is 13.2 Å². The normalized spacial score (nSPS) is 24.7. The van der Waals surface area contributed by atoms with Gasteiger partial charge in [-0.2, -0.15) is 0 Å². The number of para-hydroxylation sites is 2. The Kier molecular flexibility index (Phi) is 5.25. The number of carbonyl (C=O) groups is 2. The van der Waals surface area contributed by atoms with E-state index in [1.807, 2.05) is 0 Å². The second kappa shape index (κ2) is 7.79. The first-order valence-electron chi connectivity index (χ1n) is 10.2. The van der Waals surface area contributed by atoms with Gasteiger partial charge >= 0.3 is 17.7 Å². The average molecular weight is 442 g/mol. The monoisotopic (exact) mass is 442 g/mol. The van der Waals surface area contributed by atoms with Crippen LogP contribution in [0.1, 0.15) is 36.9 Å². The van der Waals surface area contributed by atoms with Crippen LogP contribution >= 0.6 is 0 Å². The first kappa shape index (κ1) is 21.6. The predicted molar refractivity (Wildman–Crippen MR) is 110 cm³/mol. The Morgan fingerprint density at radius 3 is 2.19 bits per heavy atom. The average Bonchev–Trinajstić information content (AvgIpc) is 3.27. The van der Waals surface area contributed by atoms with Crippen molar-refractivity contribution in [2.24, 2.45) is 0 Å². The highest BCUT2D eigenvalue weighted by Gasteiger charge is 2.82. The van der Waals surface area contributed by atoms with Gasteiger partial charge in [0.15, 0.2) is 0 Å². The molecule has 1 fully saturated rings. The number of phenolic OH excluding ortho intramolecular Hbond substituents is 1. The van der Waals surface area contributed by atoms with Crippen LogP contribution in [0.5, 0.6) is 11.5 Å². The largest absolute Gasteiger partial charge is 0.508 e. The number of esters is 2. The molecule has 2 aromatic carbocycles. The lowest BCUT2D eigenvalue weighted by molar-refractivity contribution is -0.619. The van der Waals surface area contributed by atoms with Crippen molar-refractivity contribution >= 4 is 11.9 Å². The standard InChI is InChI=1S/C22H22N2O8/c1-3-30-19(26)21(20(27)31-4-2)17-14-10-6-8-12-16(14)32-22(17,24(28)29)18(23-21)13-9-5-7-11-15(13)25/h5-12,17-18,23,25H,3-4H2,1-2H3/t17-,18+,22-/m1/s1. The second-order valence-electron chi connectivity index (χ2n) is 7.47. The minimum Gasteiger partial charge on any atom is -0.508 e. The smallest absolute Gasteiger partial charge is 0.392 e.